The van der Waals surface area contributed by atoms with Gasteiger partial charge in [-0.2, -0.15) is 0 Å². The van der Waals surface area contributed by atoms with Crippen LogP contribution in [0.25, 0.3) is 0 Å². The zero-order valence-corrected chi connectivity index (χ0v) is 7.25. The van der Waals surface area contributed by atoms with E-state index < -0.39 is 0 Å². The molecule has 0 bridgehead atoms. The van der Waals surface area contributed by atoms with E-state index in [1.54, 1.807) is 6.92 Å². The van der Waals surface area contributed by atoms with Crippen LogP contribution in [-0.2, 0) is 19.0 Å². The van der Waals surface area contributed by atoms with Crippen LogP contribution in [0.15, 0.2) is 0 Å². The van der Waals surface area contributed by atoms with Crippen molar-refractivity contribution in [1.29, 1.82) is 0 Å². The van der Waals surface area contributed by atoms with Gasteiger partial charge in [-0.15, -0.1) is 0 Å². The minimum absolute atomic E-state index is 0.0435. The summed E-state index contributed by atoms with van der Waals surface area (Å²) >= 11 is 0. The molecule has 0 radical (unpaired) electrons. The average Bonchev–Trinajstić information content (AvgIpc) is 2.53. The molecule has 0 amide bonds. The molecular formula is C8H14O4. The van der Waals surface area contributed by atoms with Crippen LogP contribution in [0.3, 0.4) is 0 Å². The molecule has 1 heterocycles. The van der Waals surface area contributed by atoms with E-state index in [9.17, 15) is 4.79 Å². The van der Waals surface area contributed by atoms with Gasteiger partial charge in [-0.1, -0.05) is 0 Å². The molecule has 1 aliphatic heterocycles. The standard InChI is InChI=1S/C8H14O4/c1-2-11-8(9)6-12-7-3-4-10-5-7/h7H,2-6H2,1H3. The molecule has 70 valence electrons. The van der Waals surface area contributed by atoms with E-state index in [2.05, 4.69) is 0 Å². The third kappa shape index (κ3) is 3.19. The molecule has 0 spiro atoms. The maximum Gasteiger partial charge on any atom is 0.332 e. The highest BCUT2D eigenvalue weighted by atomic mass is 16.6. The molecule has 1 unspecified atom stereocenters. The van der Waals surface area contributed by atoms with Crippen molar-refractivity contribution >= 4 is 5.97 Å². The van der Waals surface area contributed by atoms with Crippen molar-refractivity contribution in [2.24, 2.45) is 0 Å². The second-order valence-corrected chi connectivity index (χ2v) is 2.60. The zero-order chi connectivity index (χ0) is 8.81. The number of carbonyl (C=O) groups is 1. The van der Waals surface area contributed by atoms with Gasteiger partial charge in [0.05, 0.1) is 19.3 Å². The fraction of sp³-hybridized carbons (Fsp3) is 0.875. The van der Waals surface area contributed by atoms with Crippen molar-refractivity contribution in [2.75, 3.05) is 26.4 Å². The maximum absolute atomic E-state index is 10.8. The summed E-state index contributed by atoms with van der Waals surface area (Å²) in [6, 6.07) is 0. The first-order valence-corrected chi connectivity index (χ1v) is 4.18. The van der Waals surface area contributed by atoms with E-state index in [4.69, 9.17) is 14.2 Å². The van der Waals surface area contributed by atoms with Gasteiger partial charge in [0, 0.05) is 6.61 Å². The number of carbonyl (C=O) groups excluding carboxylic acids is 1. The van der Waals surface area contributed by atoms with Crippen LogP contribution in [0.4, 0.5) is 0 Å². The third-order valence-electron chi connectivity index (χ3n) is 1.63. The molecule has 0 aromatic heterocycles. The summed E-state index contributed by atoms with van der Waals surface area (Å²) in [6.07, 6.45) is 0.953. The fourth-order valence-electron chi connectivity index (χ4n) is 1.03. The van der Waals surface area contributed by atoms with E-state index in [1.807, 2.05) is 0 Å². The summed E-state index contributed by atoms with van der Waals surface area (Å²) in [4.78, 5) is 10.8. The van der Waals surface area contributed by atoms with Crippen molar-refractivity contribution in [2.45, 2.75) is 19.4 Å². The molecular weight excluding hydrogens is 160 g/mol. The highest BCUT2D eigenvalue weighted by Crippen LogP contribution is 2.07. The van der Waals surface area contributed by atoms with Gasteiger partial charge in [-0.25, -0.2) is 4.79 Å². The van der Waals surface area contributed by atoms with Crippen LogP contribution in [0, 0.1) is 0 Å². The van der Waals surface area contributed by atoms with Crippen LogP contribution >= 0.6 is 0 Å². The molecule has 12 heavy (non-hydrogen) atoms. The summed E-state index contributed by atoms with van der Waals surface area (Å²) in [5, 5.41) is 0. The zero-order valence-electron chi connectivity index (χ0n) is 7.25. The summed E-state index contributed by atoms with van der Waals surface area (Å²) in [6.45, 7) is 3.55. The smallest absolute Gasteiger partial charge is 0.332 e. The van der Waals surface area contributed by atoms with E-state index >= 15 is 0 Å². The van der Waals surface area contributed by atoms with Crippen LogP contribution < -0.4 is 0 Å². The molecule has 4 nitrogen and oxygen atoms in total. The second-order valence-electron chi connectivity index (χ2n) is 2.60. The van der Waals surface area contributed by atoms with Gasteiger partial charge >= 0.3 is 5.97 Å². The van der Waals surface area contributed by atoms with E-state index in [0.717, 1.165) is 13.0 Å². The average molecular weight is 174 g/mol. The van der Waals surface area contributed by atoms with Crippen LogP contribution in [0.5, 0.6) is 0 Å². The van der Waals surface area contributed by atoms with Gasteiger partial charge in [0.25, 0.3) is 0 Å². The molecule has 1 atom stereocenters. The first-order valence-electron chi connectivity index (χ1n) is 4.18. The topological polar surface area (TPSA) is 44.8 Å². The molecule has 0 aromatic rings. The van der Waals surface area contributed by atoms with Gasteiger partial charge in [0.15, 0.2) is 0 Å². The van der Waals surface area contributed by atoms with E-state index in [-0.39, 0.29) is 18.7 Å². The number of esters is 1. The predicted octanol–water partition coefficient (Wildman–Crippen LogP) is 0.355. The number of hydrogen-bond acceptors (Lipinski definition) is 4. The lowest BCUT2D eigenvalue weighted by molar-refractivity contribution is -0.150. The minimum atomic E-state index is -0.301. The molecule has 1 rings (SSSR count). The summed E-state index contributed by atoms with van der Waals surface area (Å²) in [7, 11) is 0. The molecule has 0 aliphatic carbocycles. The molecule has 0 N–H and O–H groups in total. The fourth-order valence-corrected chi connectivity index (χ4v) is 1.03. The Morgan fingerprint density at radius 3 is 3.08 bits per heavy atom. The van der Waals surface area contributed by atoms with Crippen LogP contribution in [0.2, 0.25) is 0 Å². The Morgan fingerprint density at radius 1 is 1.67 bits per heavy atom. The monoisotopic (exact) mass is 174 g/mol. The van der Waals surface area contributed by atoms with Crippen molar-refractivity contribution < 1.29 is 19.0 Å². The SMILES string of the molecule is CCOC(=O)COC1CCOC1. The van der Waals surface area contributed by atoms with Gasteiger partial charge in [-0.3, -0.25) is 0 Å². The van der Waals surface area contributed by atoms with Crippen molar-refractivity contribution in [3.63, 3.8) is 0 Å². The number of rotatable bonds is 4. The molecule has 1 saturated heterocycles. The molecule has 0 saturated carbocycles. The quantitative estimate of drug-likeness (QED) is 0.577. The van der Waals surface area contributed by atoms with E-state index in [0.29, 0.717) is 13.2 Å². The van der Waals surface area contributed by atoms with Gasteiger partial charge in [0.2, 0.25) is 0 Å². The predicted molar refractivity (Wildman–Crippen MR) is 41.8 cm³/mol. The first kappa shape index (κ1) is 9.48. The Kier molecular flexibility index (Phi) is 4.04. The van der Waals surface area contributed by atoms with E-state index in [1.165, 1.54) is 0 Å². The normalized spacial score (nSPS) is 22.6. The molecule has 1 aliphatic rings. The third-order valence-corrected chi connectivity index (χ3v) is 1.63. The lowest BCUT2D eigenvalue weighted by Crippen LogP contribution is -2.19. The molecule has 1 fully saturated rings. The van der Waals surface area contributed by atoms with Crippen LogP contribution in [0.1, 0.15) is 13.3 Å². The van der Waals surface area contributed by atoms with Gasteiger partial charge in [-0.05, 0) is 13.3 Å². The summed E-state index contributed by atoms with van der Waals surface area (Å²) < 4.78 is 15.0. The van der Waals surface area contributed by atoms with Crippen molar-refractivity contribution in [1.82, 2.24) is 0 Å². The summed E-state index contributed by atoms with van der Waals surface area (Å²) in [5.41, 5.74) is 0. The lowest BCUT2D eigenvalue weighted by Gasteiger charge is -2.08. The lowest BCUT2D eigenvalue weighted by atomic mass is 10.3. The highest BCUT2D eigenvalue weighted by Gasteiger charge is 2.17. The molecule has 0 aromatic carbocycles. The number of ether oxygens (including phenoxy) is 3. The van der Waals surface area contributed by atoms with Crippen LogP contribution in [-0.4, -0.2) is 38.5 Å². The number of hydrogen-bond donors (Lipinski definition) is 0. The van der Waals surface area contributed by atoms with Crippen molar-refractivity contribution in [3.05, 3.63) is 0 Å². The summed E-state index contributed by atoms with van der Waals surface area (Å²) in [5.74, 6) is -0.301. The Labute approximate surface area is 71.8 Å². The maximum atomic E-state index is 10.8. The Hall–Kier alpha value is -0.610. The second kappa shape index (κ2) is 5.11. The minimum Gasteiger partial charge on any atom is -0.464 e. The largest absolute Gasteiger partial charge is 0.464 e. The first-order chi connectivity index (χ1) is 5.83. The Balaban J connectivity index is 2.03. The van der Waals surface area contributed by atoms with Crippen molar-refractivity contribution in [3.8, 4) is 0 Å². The Bertz CT molecular complexity index is 140. The Morgan fingerprint density at radius 2 is 2.50 bits per heavy atom. The van der Waals surface area contributed by atoms with Gasteiger partial charge < -0.3 is 14.2 Å². The molecule has 4 heteroatoms. The van der Waals surface area contributed by atoms with Gasteiger partial charge in [0.1, 0.15) is 6.61 Å². The highest BCUT2D eigenvalue weighted by molar-refractivity contribution is 5.70.